The minimum Gasteiger partial charge on any atom is -0.345 e. The third-order valence-electron chi connectivity index (χ3n) is 5.14. The van der Waals surface area contributed by atoms with Crippen LogP contribution in [0.25, 0.3) is 11.0 Å². The molecule has 3 heterocycles. The molecular formula is C19H23N5O. The van der Waals surface area contributed by atoms with Crippen molar-refractivity contribution in [3.05, 3.63) is 48.3 Å². The van der Waals surface area contributed by atoms with E-state index in [1.807, 2.05) is 29.3 Å². The number of imidazole rings is 2. The molecule has 0 unspecified atom stereocenters. The number of nitrogens with one attached hydrogen (secondary N) is 1. The van der Waals surface area contributed by atoms with E-state index in [4.69, 9.17) is 0 Å². The molecule has 2 aromatic heterocycles. The first kappa shape index (κ1) is 15.9. The van der Waals surface area contributed by atoms with Crippen molar-refractivity contribution in [3.8, 4) is 0 Å². The number of nitrogens with zero attached hydrogens (tertiary/aromatic N) is 4. The Morgan fingerprint density at radius 3 is 2.92 bits per heavy atom. The molecule has 4 rings (SSSR count). The van der Waals surface area contributed by atoms with E-state index in [9.17, 15) is 4.79 Å². The Labute approximate surface area is 146 Å². The number of fused-ring (bicyclic) bond motifs is 1. The number of rotatable bonds is 4. The van der Waals surface area contributed by atoms with Crippen LogP contribution in [0.1, 0.15) is 35.9 Å². The highest BCUT2D eigenvalue weighted by atomic mass is 16.2. The van der Waals surface area contributed by atoms with Crippen molar-refractivity contribution in [2.75, 3.05) is 13.1 Å². The average Bonchev–Trinajstić information content (AvgIpc) is 3.29. The second kappa shape index (κ2) is 6.70. The van der Waals surface area contributed by atoms with Gasteiger partial charge in [0.25, 0.3) is 5.91 Å². The molecule has 0 saturated carbocycles. The number of piperidine rings is 1. The lowest BCUT2D eigenvalue weighted by Crippen LogP contribution is -2.39. The van der Waals surface area contributed by atoms with E-state index >= 15 is 0 Å². The first-order chi connectivity index (χ1) is 12.2. The summed E-state index contributed by atoms with van der Waals surface area (Å²) in [5.41, 5.74) is 2.54. The molecule has 3 aromatic rings. The van der Waals surface area contributed by atoms with Gasteiger partial charge in [-0.1, -0.05) is 6.92 Å². The average molecular weight is 337 g/mol. The number of aromatic nitrogens is 4. The lowest BCUT2D eigenvalue weighted by Gasteiger charge is -2.32. The summed E-state index contributed by atoms with van der Waals surface area (Å²) >= 11 is 0. The molecule has 6 nitrogen and oxygen atoms in total. The Bertz CT molecular complexity index is 873. The fourth-order valence-electron chi connectivity index (χ4n) is 3.67. The molecule has 1 amide bonds. The number of carbonyl (C=O) groups excluding carboxylic acids is 1. The van der Waals surface area contributed by atoms with E-state index in [0.717, 1.165) is 61.3 Å². The summed E-state index contributed by atoms with van der Waals surface area (Å²) in [6.45, 7) is 4.78. The number of aryl methyl sites for hydroxylation is 1. The minimum atomic E-state index is 0.117. The number of carbonyl (C=O) groups is 1. The molecule has 0 bridgehead atoms. The van der Waals surface area contributed by atoms with Crippen LogP contribution < -0.4 is 0 Å². The maximum absolute atomic E-state index is 12.8. The third-order valence-corrected chi connectivity index (χ3v) is 5.14. The molecule has 0 aliphatic carbocycles. The smallest absolute Gasteiger partial charge is 0.253 e. The van der Waals surface area contributed by atoms with Crippen LogP contribution in [-0.4, -0.2) is 43.4 Å². The number of likely N-dealkylation sites (tertiary alicyclic amines) is 1. The zero-order valence-corrected chi connectivity index (χ0v) is 14.5. The number of aromatic amines is 1. The first-order valence-electron chi connectivity index (χ1n) is 8.97. The molecule has 0 radical (unpaired) electrons. The van der Waals surface area contributed by atoms with Crippen LogP contribution in [0.2, 0.25) is 0 Å². The highest BCUT2D eigenvalue weighted by Gasteiger charge is 2.24. The van der Waals surface area contributed by atoms with E-state index < -0.39 is 0 Å². The summed E-state index contributed by atoms with van der Waals surface area (Å²) in [4.78, 5) is 26.4. The summed E-state index contributed by atoms with van der Waals surface area (Å²) in [5, 5.41) is 0. The normalized spacial score (nSPS) is 15.8. The molecule has 0 spiro atoms. The van der Waals surface area contributed by atoms with Crippen molar-refractivity contribution in [3.63, 3.8) is 0 Å². The Hall–Kier alpha value is -2.63. The molecule has 1 aliphatic rings. The predicted molar refractivity (Wildman–Crippen MR) is 96.3 cm³/mol. The summed E-state index contributed by atoms with van der Waals surface area (Å²) in [7, 11) is 0. The summed E-state index contributed by atoms with van der Waals surface area (Å²) in [5.74, 6) is 1.87. The zero-order valence-electron chi connectivity index (χ0n) is 14.5. The van der Waals surface area contributed by atoms with Gasteiger partial charge >= 0.3 is 0 Å². The molecule has 1 fully saturated rings. The summed E-state index contributed by atoms with van der Waals surface area (Å²) in [6.07, 6.45) is 8.64. The number of H-pyrrole nitrogens is 1. The van der Waals surface area contributed by atoms with Crippen molar-refractivity contribution in [2.24, 2.45) is 5.92 Å². The topological polar surface area (TPSA) is 66.8 Å². The van der Waals surface area contributed by atoms with E-state index in [1.165, 1.54) is 0 Å². The van der Waals surface area contributed by atoms with Gasteiger partial charge < -0.3 is 14.5 Å². The summed E-state index contributed by atoms with van der Waals surface area (Å²) in [6, 6.07) is 5.67. The van der Waals surface area contributed by atoms with Crippen LogP contribution in [0.3, 0.4) is 0 Å². The maximum atomic E-state index is 12.8. The number of hydrogen-bond donors (Lipinski definition) is 1. The maximum Gasteiger partial charge on any atom is 0.253 e. The quantitative estimate of drug-likeness (QED) is 0.796. The van der Waals surface area contributed by atoms with Gasteiger partial charge in [0.05, 0.1) is 17.4 Å². The fraction of sp³-hybridized carbons (Fsp3) is 0.421. The van der Waals surface area contributed by atoms with Gasteiger partial charge in [-0.05, 0) is 37.0 Å². The van der Waals surface area contributed by atoms with Crippen molar-refractivity contribution in [2.45, 2.75) is 32.7 Å². The van der Waals surface area contributed by atoms with Crippen molar-refractivity contribution < 1.29 is 4.79 Å². The predicted octanol–water partition coefficient (Wildman–Crippen LogP) is 2.87. The van der Waals surface area contributed by atoms with Gasteiger partial charge in [0, 0.05) is 44.0 Å². The Morgan fingerprint density at radius 1 is 1.28 bits per heavy atom. The van der Waals surface area contributed by atoms with Gasteiger partial charge in [0.15, 0.2) is 0 Å². The van der Waals surface area contributed by atoms with Crippen LogP contribution >= 0.6 is 0 Å². The SMILES string of the molecule is CCc1nccn1CC1CCN(C(=O)c2ccc3nc[nH]c3c2)CC1. The second-order valence-corrected chi connectivity index (χ2v) is 6.72. The van der Waals surface area contributed by atoms with Crippen LogP contribution in [-0.2, 0) is 13.0 Å². The van der Waals surface area contributed by atoms with E-state index in [1.54, 1.807) is 6.33 Å². The van der Waals surface area contributed by atoms with Crippen LogP contribution in [0.15, 0.2) is 36.9 Å². The van der Waals surface area contributed by atoms with Gasteiger partial charge in [-0.3, -0.25) is 4.79 Å². The van der Waals surface area contributed by atoms with Crippen molar-refractivity contribution in [1.82, 2.24) is 24.4 Å². The molecule has 1 aliphatic heterocycles. The fourth-order valence-corrected chi connectivity index (χ4v) is 3.67. The highest BCUT2D eigenvalue weighted by molar-refractivity contribution is 5.97. The van der Waals surface area contributed by atoms with Gasteiger partial charge in [-0.25, -0.2) is 9.97 Å². The third kappa shape index (κ3) is 3.16. The van der Waals surface area contributed by atoms with Crippen molar-refractivity contribution >= 4 is 16.9 Å². The monoisotopic (exact) mass is 337 g/mol. The molecule has 1 aromatic carbocycles. The van der Waals surface area contributed by atoms with Gasteiger partial charge in [0.2, 0.25) is 0 Å². The standard InChI is InChI=1S/C19H23N5O/c1-2-18-20-7-10-24(18)12-14-5-8-23(9-6-14)19(25)15-3-4-16-17(11-15)22-13-21-16/h3-4,7,10-11,13-14H,2,5-6,8-9,12H2,1H3,(H,21,22). The van der Waals surface area contributed by atoms with E-state index in [2.05, 4.69) is 32.6 Å². The van der Waals surface area contributed by atoms with E-state index in [0.29, 0.717) is 5.92 Å². The highest BCUT2D eigenvalue weighted by Crippen LogP contribution is 2.22. The Morgan fingerprint density at radius 2 is 2.12 bits per heavy atom. The largest absolute Gasteiger partial charge is 0.345 e. The van der Waals surface area contributed by atoms with Gasteiger partial charge in [-0.15, -0.1) is 0 Å². The van der Waals surface area contributed by atoms with Crippen LogP contribution in [0.4, 0.5) is 0 Å². The Kier molecular flexibility index (Phi) is 4.26. The molecule has 1 saturated heterocycles. The van der Waals surface area contributed by atoms with Crippen molar-refractivity contribution in [1.29, 1.82) is 0 Å². The summed E-state index contributed by atoms with van der Waals surface area (Å²) < 4.78 is 2.26. The van der Waals surface area contributed by atoms with Gasteiger partial charge in [-0.2, -0.15) is 0 Å². The number of hydrogen-bond acceptors (Lipinski definition) is 3. The molecule has 0 atom stereocenters. The molecule has 6 heteroatoms. The van der Waals surface area contributed by atoms with E-state index in [-0.39, 0.29) is 5.91 Å². The van der Waals surface area contributed by atoms with Crippen LogP contribution in [0, 0.1) is 5.92 Å². The lowest BCUT2D eigenvalue weighted by atomic mass is 9.96. The Balaban J connectivity index is 1.38. The minimum absolute atomic E-state index is 0.117. The molecule has 25 heavy (non-hydrogen) atoms. The number of amides is 1. The van der Waals surface area contributed by atoms with Crippen LogP contribution in [0.5, 0.6) is 0 Å². The lowest BCUT2D eigenvalue weighted by molar-refractivity contribution is 0.0682. The zero-order chi connectivity index (χ0) is 17.2. The second-order valence-electron chi connectivity index (χ2n) is 6.72. The molecule has 1 N–H and O–H groups in total. The first-order valence-corrected chi connectivity index (χ1v) is 8.97. The van der Waals surface area contributed by atoms with Gasteiger partial charge in [0.1, 0.15) is 5.82 Å². The molecular weight excluding hydrogens is 314 g/mol. The number of benzene rings is 1. The molecule has 130 valence electrons.